The Bertz CT molecular complexity index is 1110. The third-order valence-corrected chi connectivity index (χ3v) is 9.51. The number of phosphoric acid groups is 1. The number of carbonyl (C=O) groups excluding carboxylic acids is 2. The van der Waals surface area contributed by atoms with Crippen molar-refractivity contribution in [1.29, 1.82) is 0 Å². The van der Waals surface area contributed by atoms with Gasteiger partial charge in [-0.2, -0.15) is 0 Å². The minimum Gasteiger partial charge on any atom is -0.480 e. The summed E-state index contributed by atoms with van der Waals surface area (Å²) in [5, 5.41) is 8.87. The monoisotopic (exact) mass is 784 g/mol. The quantitative estimate of drug-likeness (QED) is 0.0235. The van der Waals surface area contributed by atoms with Crippen LogP contribution >= 0.6 is 7.82 Å². The van der Waals surface area contributed by atoms with Gasteiger partial charge >= 0.3 is 25.7 Å². The van der Waals surface area contributed by atoms with Gasteiger partial charge in [0.2, 0.25) is 0 Å². The van der Waals surface area contributed by atoms with E-state index in [4.69, 9.17) is 24.8 Å². The standard InChI is InChI=1S/C42H74NO10P/c1-3-5-7-9-11-13-15-17-19-21-23-25-27-29-31-33-40(44)50-35-38(36-51-54(48,49)52-37-39(43)42(46)47)53-41(45)34-32-30-28-26-24-22-20-18-16-14-12-10-8-6-4-2/h6,8,12-15,18,20,38-39H,3-5,7,9-11,16-17,19,21-37,43H2,1-2H3,(H,46,47)(H,48,49)/b8-6+,14-12+,15-13+,20-18+/t38-,39+/m1/s1. The first-order valence-electron chi connectivity index (χ1n) is 20.7. The molecule has 12 heteroatoms. The Morgan fingerprint density at radius 2 is 1.04 bits per heavy atom. The van der Waals surface area contributed by atoms with Crippen LogP contribution in [-0.2, 0) is 37.5 Å². The molecule has 3 atom stereocenters. The zero-order valence-corrected chi connectivity index (χ0v) is 34.4. The predicted octanol–water partition coefficient (Wildman–Crippen LogP) is 10.6. The van der Waals surface area contributed by atoms with Gasteiger partial charge in [-0.1, -0.05) is 133 Å². The summed E-state index contributed by atoms with van der Waals surface area (Å²) in [7, 11) is -4.72. The van der Waals surface area contributed by atoms with Crippen LogP contribution in [-0.4, -0.2) is 59.9 Å². The van der Waals surface area contributed by atoms with Gasteiger partial charge in [0, 0.05) is 12.8 Å². The van der Waals surface area contributed by atoms with E-state index in [1.165, 1.54) is 51.4 Å². The van der Waals surface area contributed by atoms with Crippen LogP contribution in [0, 0.1) is 0 Å². The smallest absolute Gasteiger partial charge is 0.472 e. The fraction of sp³-hybridized carbons (Fsp3) is 0.738. The van der Waals surface area contributed by atoms with Gasteiger partial charge in [-0.15, -0.1) is 0 Å². The molecule has 0 aliphatic carbocycles. The Kier molecular flexibility index (Phi) is 35.6. The van der Waals surface area contributed by atoms with Gasteiger partial charge in [-0.25, -0.2) is 4.57 Å². The van der Waals surface area contributed by atoms with Crippen molar-refractivity contribution in [3.05, 3.63) is 48.6 Å². The molecule has 312 valence electrons. The molecule has 54 heavy (non-hydrogen) atoms. The Hall–Kier alpha value is -2.56. The van der Waals surface area contributed by atoms with Crippen molar-refractivity contribution in [2.45, 2.75) is 180 Å². The van der Waals surface area contributed by atoms with Gasteiger partial charge in [0.1, 0.15) is 12.6 Å². The first-order valence-corrected chi connectivity index (χ1v) is 22.2. The van der Waals surface area contributed by atoms with Crippen molar-refractivity contribution >= 4 is 25.7 Å². The highest BCUT2D eigenvalue weighted by Crippen LogP contribution is 2.43. The molecule has 0 aromatic heterocycles. The first-order chi connectivity index (χ1) is 26.1. The van der Waals surface area contributed by atoms with Crippen molar-refractivity contribution in [2.24, 2.45) is 5.73 Å². The zero-order chi connectivity index (χ0) is 40.0. The molecule has 11 nitrogen and oxygen atoms in total. The normalized spacial score (nSPS) is 14.3. The summed E-state index contributed by atoms with van der Waals surface area (Å²) in [5.41, 5.74) is 5.32. The van der Waals surface area contributed by atoms with Crippen LogP contribution in [0.3, 0.4) is 0 Å². The van der Waals surface area contributed by atoms with Gasteiger partial charge in [0.05, 0.1) is 13.2 Å². The van der Waals surface area contributed by atoms with Crippen molar-refractivity contribution in [3.8, 4) is 0 Å². The molecule has 0 rings (SSSR count). The lowest BCUT2D eigenvalue weighted by Gasteiger charge is -2.20. The first kappa shape index (κ1) is 51.4. The molecule has 4 N–H and O–H groups in total. The van der Waals surface area contributed by atoms with Gasteiger partial charge in [0.15, 0.2) is 6.10 Å². The summed E-state index contributed by atoms with van der Waals surface area (Å²) in [6.07, 6.45) is 40.3. The van der Waals surface area contributed by atoms with Crippen molar-refractivity contribution < 1.29 is 47.5 Å². The number of carbonyl (C=O) groups is 3. The average Bonchev–Trinajstić information content (AvgIpc) is 3.14. The Morgan fingerprint density at radius 1 is 0.593 bits per heavy atom. The summed E-state index contributed by atoms with van der Waals surface area (Å²) in [5.74, 6) is -2.41. The van der Waals surface area contributed by atoms with E-state index in [0.717, 1.165) is 77.0 Å². The molecule has 0 saturated heterocycles. The Balaban J connectivity index is 4.43. The minimum atomic E-state index is -4.72. The summed E-state index contributed by atoms with van der Waals surface area (Å²) in [6.45, 7) is 2.64. The average molecular weight is 784 g/mol. The van der Waals surface area contributed by atoms with E-state index >= 15 is 0 Å². The number of aliphatic carboxylic acids is 1. The number of unbranched alkanes of at least 4 members (excludes halogenated alkanes) is 16. The number of rotatable bonds is 38. The lowest BCUT2D eigenvalue weighted by Crippen LogP contribution is -2.34. The maximum atomic E-state index is 12.6. The largest absolute Gasteiger partial charge is 0.480 e. The van der Waals surface area contributed by atoms with Crippen LogP contribution in [0.5, 0.6) is 0 Å². The predicted molar refractivity (Wildman–Crippen MR) is 217 cm³/mol. The van der Waals surface area contributed by atoms with Crippen LogP contribution < -0.4 is 5.73 Å². The van der Waals surface area contributed by atoms with E-state index in [9.17, 15) is 23.8 Å². The number of hydrogen-bond donors (Lipinski definition) is 3. The van der Waals surface area contributed by atoms with Gasteiger partial charge in [-0.05, 0) is 70.6 Å². The molecular formula is C42H74NO10P. The number of esters is 2. The van der Waals surface area contributed by atoms with Crippen LogP contribution in [0.1, 0.15) is 168 Å². The fourth-order valence-corrected chi connectivity index (χ4v) is 6.09. The van der Waals surface area contributed by atoms with E-state index in [-0.39, 0.29) is 19.4 Å². The summed E-state index contributed by atoms with van der Waals surface area (Å²) in [6, 6.07) is -1.53. The number of ether oxygens (including phenoxy) is 2. The van der Waals surface area contributed by atoms with Crippen molar-refractivity contribution in [1.82, 2.24) is 0 Å². The highest BCUT2D eigenvalue weighted by atomic mass is 31.2. The van der Waals surface area contributed by atoms with E-state index in [2.05, 4.69) is 67.0 Å². The molecule has 0 radical (unpaired) electrons. The summed E-state index contributed by atoms with van der Waals surface area (Å²) in [4.78, 5) is 45.9. The minimum absolute atomic E-state index is 0.140. The molecule has 0 saturated carbocycles. The maximum Gasteiger partial charge on any atom is 0.472 e. The topological polar surface area (TPSA) is 172 Å². The summed E-state index contributed by atoms with van der Waals surface area (Å²) < 4.78 is 32.6. The van der Waals surface area contributed by atoms with Crippen LogP contribution in [0.2, 0.25) is 0 Å². The van der Waals surface area contributed by atoms with E-state index in [1.54, 1.807) is 0 Å². The number of hydrogen-bond acceptors (Lipinski definition) is 9. The number of phosphoric ester groups is 1. The maximum absolute atomic E-state index is 12.6. The number of carboxylic acids is 1. The number of allylic oxidation sites excluding steroid dienone is 8. The lowest BCUT2D eigenvalue weighted by molar-refractivity contribution is -0.161. The van der Waals surface area contributed by atoms with Gasteiger partial charge < -0.3 is 25.2 Å². The molecule has 0 spiro atoms. The second-order valence-electron chi connectivity index (χ2n) is 13.7. The molecule has 0 aliphatic heterocycles. The Labute approximate surface area is 326 Å². The third kappa shape index (κ3) is 36.4. The lowest BCUT2D eigenvalue weighted by atomic mass is 10.1. The van der Waals surface area contributed by atoms with Crippen molar-refractivity contribution in [3.63, 3.8) is 0 Å². The van der Waals surface area contributed by atoms with E-state index in [1.807, 2.05) is 0 Å². The molecular weight excluding hydrogens is 709 g/mol. The Morgan fingerprint density at radius 3 is 1.57 bits per heavy atom. The number of carboxylic acid groups (broad SMARTS) is 1. The second kappa shape index (κ2) is 37.4. The second-order valence-corrected chi connectivity index (χ2v) is 15.2. The zero-order valence-electron chi connectivity index (χ0n) is 33.6. The van der Waals surface area contributed by atoms with E-state index < -0.39 is 51.1 Å². The third-order valence-electron chi connectivity index (χ3n) is 8.56. The molecule has 0 aromatic carbocycles. The van der Waals surface area contributed by atoms with Crippen LogP contribution in [0.4, 0.5) is 0 Å². The van der Waals surface area contributed by atoms with Crippen LogP contribution in [0.15, 0.2) is 48.6 Å². The SMILES string of the molecule is CC/C=C/C/C=C/C/C=C/CCCCCCCC(=O)O[C@H](COC(=O)CCCCCCCCC/C=C/CCCCCC)COP(=O)(O)OC[C@H](N)C(=O)O. The molecule has 0 amide bonds. The molecule has 0 fully saturated rings. The molecule has 0 aromatic rings. The fourth-order valence-electron chi connectivity index (χ4n) is 5.31. The number of nitrogens with two attached hydrogens (primary N) is 1. The highest BCUT2D eigenvalue weighted by Gasteiger charge is 2.28. The van der Waals surface area contributed by atoms with Gasteiger partial charge in [0.25, 0.3) is 0 Å². The molecule has 1 unspecified atom stereocenters. The highest BCUT2D eigenvalue weighted by molar-refractivity contribution is 7.47. The summed E-state index contributed by atoms with van der Waals surface area (Å²) >= 11 is 0. The van der Waals surface area contributed by atoms with Crippen LogP contribution in [0.25, 0.3) is 0 Å². The van der Waals surface area contributed by atoms with Gasteiger partial charge in [-0.3, -0.25) is 23.4 Å². The molecule has 0 heterocycles. The molecule has 0 bridgehead atoms. The molecule has 0 aliphatic rings. The van der Waals surface area contributed by atoms with Crippen molar-refractivity contribution in [2.75, 3.05) is 19.8 Å². The van der Waals surface area contributed by atoms with E-state index in [0.29, 0.717) is 12.8 Å².